The van der Waals surface area contributed by atoms with E-state index in [-0.39, 0.29) is 11.5 Å². The van der Waals surface area contributed by atoms with Crippen LogP contribution in [0.5, 0.6) is 0 Å². The van der Waals surface area contributed by atoms with Gasteiger partial charge < -0.3 is 9.88 Å². The van der Waals surface area contributed by atoms with Gasteiger partial charge >= 0.3 is 0 Å². The molecule has 1 N–H and O–H groups in total. The van der Waals surface area contributed by atoms with Crippen LogP contribution in [0.4, 0.5) is 0 Å². The van der Waals surface area contributed by atoms with Crippen LogP contribution in [0.15, 0.2) is 4.79 Å². The summed E-state index contributed by atoms with van der Waals surface area (Å²) in [5.41, 5.74) is 0.915. The summed E-state index contributed by atoms with van der Waals surface area (Å²) in [6.07, 6.45) is 4.27. The van der Waals surface area contributed by atoms with Gasteiger partial charge in [0.2, 0.25) is 5.91 Å². The molecule has 5 nitrogen and oxygen atoms in total. The van der Waals surface area contributed by atoms with Crippen LogP contribution in [-0.4, -0.2) is 33.9 Å². The number of aryl methyl sites for hydroxylation is 3. The zero-order valence-electron chi connectivity index (χ0n) is 14.6. The summed E-state index contributed by atoms with van der Waals surface area (Å²) in [7, 11) is 0. The number of likely N-dealkylation sites (tertiary alicyclic amines) is 1. The third-order valence-corrected chi connectivity index (χ3v) is 6.13. The zero-order valence-corrected chi connectivity index (χ0v) is 15.5. The fraction of sp³-hybridized carbons (Fsp3) is 0.611. The number of carbonyl (C=O) groups is 1. The monoisotopic (exact) mass is 347 g/mol. The summed E-state index contributed by atoms with van der Waals surface area (Å²) in [6, 6.07) is 0. The Morgan fingerprint density at radius 1 is 1.33 bits per heavy atom. The third-order valence-electron chi connectivity index (χ3n) is 5.03. The number of aromatic amines is 1. The van der Waals surface area contributed by atoms with E-state index in [2.05, 4.69) is 16.9 Å². The number of nitrogens with zero attached hydrogens (tertiary/aromatic N) is 2. The number of H-pyrrole nitrogens is 1. The Balaban J connectivity index is 1.69. The first-order valence-corrected chi connectivity index (χ1v) is 9.54. The minimum atomic E-state index is -0.0899. The van der Waals surface area contributed by atoms with E-state index in [0.717, 1.165) is 41.2 Å². The molecule has 24 heavy (non-hydrogen) atoms. The molecule has 0 aliphatic carbocycles. The molecule has 1 aliphatic rings. The topological polar surface area (TPSA) is 66.1 Å². The molecular formula is C18H25N3O2S. The lowest BCUT2D eigenvalue weighted by atomic mass is 10.0. The highest BCUT2D eigenvalue weighted by atomic mass is 32.1. The number of fused-ring (bicyclic) bond motifs is 1. The van der Waals surface area contributed by atoms with E-state index in [1.54, 1.807) is 11.3 Å². The second-order valence-electron chi connectivity index (χ2n) is 6.89. The molecule has 130 valence electrons. The van der Waals surface area contributed by atoms with Crippen molar-refractivity contribution < 1.29 is 4.79 Å². The lowest BCUT2D eigenvalue weighted by Crippen LogP contribution is -2.32. The van der Waals surface area contributed by atoms with Gasteiger partial charge in [-0.15, -0.1) is 11.3 Å². The molecule has 1 amide bonds. The first-order valence-electron chi connectivity index (χ1n) is 8.72. The normalized spacial score (nSPS) is 18.8. The molecule has 0 saturated carbocycles. The highest BCUT2D eigenvalue weighted by Crippen LogP contribution is 2.25. The molecule has 3 heterocycles. The maximum Gasteiger partial charge on any atom is 0.259 e. The second kappa shape index (κ2) is 7.05. The molecule has 6 heteroatoms. The van der Waals surface area contributed by atoms with Crippen LogP contribution in [0.1, 0.15) is 48.9 Å². The molecule has 0 spiro atoms. The van der Waals surface area contributed by atoms with Gasteiger partial charge in [0.1, 0.15) is 10.7 Å². The van der Waals surface area contributed by atoms with Crippen molar-refractivity contribution in [1.82, 2.24) is 14.9 Å². The Morgan fingerprint density at radius 3 is 2.92 bits per heavy atom. The van der Waals surface area contributed by atoms with Crippen molar-refractivity contribution in [2.45, 2.75) is 52.9 Å². The third kappa shape index (κ3) is 3.53. The maximum absolute atomic E-state index is 12.4. The van der Waals surface area contributed by atoms with Crippen LogP contribution in [0.25, 0.3) is 10.2 Å². The molecule has 0 unspecified atom stereocenters. The van der Waals surface area contributed by atoms with Crippen LogP contribution < -0.4 is 5.56 Å². The molecule has 0 radical (unpaired) electrons. The second-order valence-corrected chi connectivity index (χ2v) is 8.10. The predicted molar refractivity (Wildman–Crippen MR) is 97.6 cm³/mol. The fourth-order valence-electron chi connectivity index (χ4n) is 3.31. The summed E-state index contributed by atoms with van der Waals surface area (Å²) < 4.78 is 0. The van der Waals surface area contributed by atoms with Crippen LogP contribution in [0.2, 0.25) is 0 Å². The standard InChI is InChI=1S/C18H25N3O2S/c1-11-5-4-9-21(10-8-11)15(22)7-6-14-19-17(23)16-12(2)13(3)24-18(16)20-14/h11H,4-10H2,1-3H3,(H,19,20,23)/t11-/m1/s1. The molecule has 0 bridgehead atoms. The van der Waals surface area contributed by atoms with Crippen LogP contribution in [-0.2, 0) is 11.2 Å². The van der Waals surface area contributed by atoms with E-state index in [0.29, 0.717) is 30.0 Å². The number of hydrogen-bond acceptors (Lipinski definition) is 4. The van der Waals surface area contributed by atoms with Crippen molar-refractivity contribution in [1.29, 1.82) is 0 Å². The van der Waals surface area contributed by atoms with Gasteiger partial charge in [0, 0.05) is 30.8 Å². The SMILES string of the molecule is Cc1sc2nc(CCC(=O)N3CCC[C@@H](C)CC3)[nH]c(=O)c2c1C. The summed E-state index contributed by atoms with van der Waals surface area (Å²) in [5.74, 6) is 1.49. The van der Waals surface area contributed by atoms with E-state index in [1.807, 2.05) is 18.7 Å². The number of nitrogens with one attached hydrogen (secondary N) is 1. The van der Waals surface area contributed by atoms with Gasteiger partial charge in [-0.3, -0.25) is 9.59 Å². The van der Waals surface area contributed by atoms with E-state index in [9.17, 15) is 9.59 Å². The number of amides is 1. The summed E-state index contributed by atoms with van der Waals surface area (Å²) in [4.78, 5) is 36.0. The molecule has 0 aromatic carbocycles. The molecule has 1 saturated heterocycles. The molecule has 1 fully saturated rings. The van der Waals surface area contributed by atoms with Gasteiger partial charge in [-0.05, 0) is 44.6 Å². The minimum Gasteiger partial charge on any atom is -0.343 e. The average molecular weight is 347 g/mol. The molecular weight excluding hydrogens is 322 g/mol. The van der Waals surface area contributed by atoms with Gasteiger partial charge in [0.05, 0.1) is 5.39 Å². The quantitative estimate of drug-likeness (QED) is 0.927. The van der Waals surface area contributed by atoms with Crippen molar-refractivity contribution in [3.05, 3.63) is 26.6 Å². The van der Waals surface area contributed by atoms with Gasteiger partial charge in [0.15, 0.2) is 0 Å². The first kappa shape index (κ1) is 17.1. The lowest BCUT2D eigenvalue weighted by Gasteiger charge is -2.20. The van der Waals surface area contributed by atoms with Crippen molar-refractivity contribution in [2.75, 3.05) is 13.1 Å². The van der Waals surface area contributed by atoms with Gasteiger partial charge in [-0.1, -0.05) is 6.92 Å². The summed E-state index contributed by atoms with van der Waals surface area (Å²) in [6.45, 7) is 7.92. The smallest absolute Gasteiger partial charge is 0.259 e. The Morgan fingerprint density at radius 2 is 2.12 bits per heavy atom. The zero-order chi connectivity index (χ0) is 17.3. The van der Waals surface area contributed by atoms with Crippen LogP contribution in [0, 0.1) is 19.8 Å². The van der Waals surface area contributed by atoms with Crippen molar-refractivity contribution in [3.8, 4) is 0 Å². The van der Waals surface area contributed by atoms with E-state index < -0.39 is 0 Å². The Kier molecular flexibility index (Phi) is 5.04. The van der Waals surface area contributed by atoms with Crippen molar-refractivity contribution in [3.63, 3.8) is 0 Å². The molecule has 1 atom stereocenters. The number of thiophene rings is 1. The highest BCUT2D eigenvalue weighted by Gasteiger charge is 2.19. The van der Waals surface area contributed by atoms with Crippen LogP contribution >= 0.6 is 11.3 Å². The van der Waals surface area contributed by atoms with Crippen LogP contribution in [0.3, 0.4) is 0 Å². The molecule has 1 aliphatic heterocycles. The van der Waals surface area contributed by atoms with E-state index in [4.69, 9.17) is 0 Å². The highest BCUT2D eigenvalue weighted by molar-refractivity contribution is 7.18. The average Bonchev–Trinajstić information content (AvgIpc) is 2.71. The minimum absolute atomic E-state index is 0.0899. The number of carbonyl (C=O) groups excluding carboxylic acids is 1. The Hall–Kier alpha value is -1.69. The Bertz CT molecular complexity index is 808. The van der Waals surface area contributed by atoms with Gasteiger partial charge in [-0.2, -0.15) is 0 Å². The molecule has 2 aromatic rings. The molecule has 3 rings (SSSR count). The Labute approximate surface area is 146 Å². The molecule has 2 aromatic heterocycles. The first-order chi connectivity index (χ1) is 11.5. The van der Waals surface area contributed by atoms with Crippen molar-refractivity contribution in [2.24, 2.45) is 5.92 Å². The summed E-state index contributed by atoms with van der Waals surface area (Å²) >= 11 is 1.55. The van der Waals surface area contributed by atoms with Gasteiger partial charge in [-0.25, -0.2) is 4.98 Å². The summed E-state index contributed by atoms with van der Waals surface area (Å²) in [5, 5.41) is 0.689. The van der Waals surface area contributed by atoms with E-state index in [1.165, 1.54) is 6.42 Å². The number of rotatable bonds is 3. The number of aromatic nitrogens is 2. The predicted octanol–water partition coefficient (Wildman–Crippen LogP) is 3.18. The number of hydrogen-bond donors (Lipinski definition) is 1. The van der Waals surface area contributed by atoms with Crippen molar-refractivity contribution >= 4 is 27.5 Å². The lowest BCUT2D eigenvalue weighted by molar-refractivity contribution is -0.131. The van der Waals surface area contributed by atoms with Gasteiger partial charge in [0.25, 0.3) is 5.56 Å². The maximum atomic E-state index is 12.4. The van der Waals surface area contributed by atoms with E-state index >= 15 is 0 Å². The fourth-order valence-corrected chi connectivity index (χ4v) is 4.36. The largest absolute Gasteiger partial charge is 0.343 e.